The van der Waals surface area contributed by atoms with Gasteiger partial charge >= 0.3 is 0 Å². The minimum Gasteiger partial charge on any atom is -0.381 e. The lowest BCUT2D eigenvalue weighted by Crippen LogP contribution is -2.30. The summed E-state index contributed by atoms with van der Waals surface area (Å²) in [6, 6.07) is 2.21. The standard InChI is InChI=1S/C12H12BrF2NO2/c13-8-4-9(14)11(10(15)5-8)16-12(17)7-2-1-3-18-6-7/h4-5,7H,1-3,6H2,(H,16,17). The van der Waals surface area contributed by atoms with E-state index in [4.69, 9.17) is 4.74 Å². The van der Waals surface area contributed by atoms with Crippen LogP contribution >= 0.6 is 15.9 Å². The fraction of sp³-hybridized carbons (Fsp3) is 0.417. The van der Waals surface area contributed by atoms with Crippen LogP contribution in [-0.2, 0) is 9.53 Å². The van der Waals surface area contributed by atoms with Crippen molar-refractivity contribution in [2.75, 3.05) is 18.5 Å². The number of halogens is 3. The molecular formula is C12H12BrF2NO2. The van der Waals surface area contributed by atoms with Gasteiger partial charge in [0.1, 0.15) is 5.69 Å². The van der Waals surface area contributed by atoms with Gasteiger partial charge in [-0.1, -0.05) is 15.9 Å². The molecule has 6 heteroatoms. The number of ether oxygens (including phenoxy) is 1. The first-order chi connectivity index (χ1) is 8.58. The van der Waals surface area contributed by atoms with Crippen molar-refractivity contribution < 1.29 is 18.3 Å². The number of anilines is 1. The molecular weight excluding hydrogens is 308 g/mol. The van der Waals surface area contributed by atoms with Crippen LogP contribution in [0.4, 0.5) is 14.5 Å². The normalized spacial score (nSPS) is 19.6. The summed E-state index contributed by atoms with van der Waals surface area (Å²) in [6.07, 6.45) is 1.45. The Balaban J connectivity index is 2.11. The number of hydrogen-bond acceptors (Lipinski definition) is 2. The molecule has 1 unspecified atom stereocenters. The maximum absolute atomic E-state index is 13.5. The van der Waals surface area contributed by atoms with Crippen LogP contribution in [0.15, 0.2) is 16.6 Å². The fourth-order valence-electron chi connectivity index (χ4n) is 1.83. The van der Waals surface area contributed by atoms with Crippen LogP contribution in [0.5, 0.6) is 0 Å². The summed E-state index contributed by atoms with van der Waals surface area (Å²) in [7, 11) is 0. The molecule has 98 valence electrons. The van der Waals surface area contributed by atoms with Crippen LogP contribution in [0.1, 0.15) is 12.8 Å². The van der Waals surface area contributed by atoms with Crippen molar-refractivity contribution in [2.45, 2.75) is 12.8 Å². The van der Waals surface area contributed by atoms with Crippen LogP contribution in [0.2, 0.25) is 0 Å². The van der Waals surface area contributed by atoms with Crippen molar-refractivity contribution >= 4 is 27.5 Å². The summed E-state index contributed by atoms with van der Waals surface area (Å²) >= 11 is 2.98. The monoisotopic (exact) mass is 319 g/mol. The molecule has 1 heterocycles. The maximum atomic E-state index is 13.5. The predicted molar refractivity (Wildman–Crippen MR) is 66.2 cm³/mol. The molecule has 0 saturated carbocycles. The first-order valence-corrected chi connectivity index (χ1v) is 6.40. The van der Waals surface area contributed by atoms with E-state index in [-0.39, 0.29) is 10.4 Å². The van der Waals surface area contributed by atoms with Crippen molar-refractivity contribution in [1.29, 1.82) is 0 Å². The van der Waals surface area contributed by atoms with Gasteiger partial charge in [0.15, 0.2) is 11.6 Å². The van der Waals surface area contributed by atoms with Crippen molar-refractivity contribution in [1.82, 2.24) is 0 Å². The average Bonchev–Trinajstić information content (AvgIpc) is 2.34. The maximum Gasteiger partial charge on any atom is 0.229 e. The number of benzene rings is 1. The fourth-order valence-corrected chi connectivity index (χ4v) is 2.24. The second-order valence-electron chi connectivity index (χ2n) is 4.15. The van der Waals surface area contributed by atoms with E-state index in [9.17, 15) is 13.6 Å². The van der Waals surface area contributed by atoms with Crippen LogP contribution in [-0.4, -0.2) is 19.1 Å². The Bertz CT molecular complexity index is 438. The SMILES string of the molecule is O=C(Nc1c(F)cc(Br)cc1F)C1CCCOC1. The minimum atomic E-state index is -0.799. The molecule has 1 N–H and O–H groups in total. The number of amides is 1. The Kier molecular flexibility index (Phi) is 4.29. The third kappa shape index (κ3) is 3.05. The number of hydrogen-bond donors (Lipinski definition) is 1. The van der Waals surface area contributed by atoms with Gasteiger partial charge in [-0.15, -0.1) is 0 Å². The highest BCUT2D eigenvalue weighted by atomic mass is 79.9. The molecule has 1 saturated heterocycles. The summed E-state index contributed by atoms with van der Waals surface area (Å²) in [4.78, 5) is 11.8. The summed E-state index contributed by atoms with van der Waals surface area (Å²) in [5.41, 5.74) is -0.409. The molecule has 0 spiro atoms. The Morgan fingerprint density at radius 3 is 2.61 bits per heavy atom. The van der Waals surface area contributed by atoms with Gasteiger partial charge in [0.25, 0.3) is 0 Å². The number of carbonyl (C=O) groups excluding carboxylic acids is 1. The molecule has 1 fully saturated rings. The minimum absolute atomic E-state index is 0.288. The molecule has 0 radical (unpaired) electrons. The van der Waals surface area contributed by atoms with E-state index in [1.165, 1.54) is 0 Å². The van der Waals surface area contributed by atoms with Gasteiger partial charge in [0.05, 0.1) is 12.5 Å². The first-order valence-electron chi connectivity index (χ1n) is 5.61. The van der Waals surface area contributed by atoms with E-state index in [1.54, 1.807) is 0 Å². The van der Waals surface area contributed by atoms with Crippen LogP contribution in [0.25, 0.3) is 0 Å². The van der Waals surface area contributed by atoms with Gasteiger partial charge in [-0.3, -0.25) is 4.79 Å². The zero-order valence-electron chi connectivity index (χ0n) is 9.51. The molecule has 1 aliphatic heterocycles. The Morgan fingerprint density at radius 1 is 1.39 bits per heavy atom. The molecule has 0 aromatic heterocycles. The molecule has 0 aliphatic carbocycles. The quantitative estimate of drug-likeness (QED) is 0.909. The number of nitrogens with one attached hydrogen (secondary N) is 1. The lowest BCUT2D eigenvalue weighted by Gasteiger charge is -2.21. The molecule has 1 atom stereocenters. The second kappa shape index (κ2) is 5.75. The van der Waals surface area contributed by atoms with Gasteiger partial charge in [-0.05, 0) is 25.0 Å². The van der Waals surface area contributed by atoms with E-state index >= 15 is 0 Å². The van der Waals surface area contributed by atoms with Gasteiger partial charge in [-0.25, -0.2) is 8.78 Å². The van der Waals surface area contributed by atoms with E-state index < -0.39 is 23.2 Å². The molecule has 1 aromatic rings. The molecule has 18 heavy (non-hydrogen) atoms. The van der Waals surface area contributed by atoms with E-state index in [2.05, 4.69) is 21.2 Å². The smallest absolute Gasteiger partial charge is 0.229 e. The third-order valence-electron chi connectivity index (χ3n) is 2.79. The summed E-state index contributed by atoms with van der Waals surface area (Å²) in [5, 5.41) is 2.29. The molecule has 2 rings (SSSR count). The Morgan fingerprint density at radius 2 is 2.06 bits per heavy atom. The lowest BCUT2D eigenvalue weighted by molar-refractivity contribution is -0.123. The van der Waals surface area contributed by atoms with Crippen LogP contribution < -0.4 is 5.32 Å². The van der Waals surface area contributed by atoms with Gasteiger partial charge in [0.2, 0.25) is 5.91 Å². The summed E-state index contributed by atoms with van der Waals surface area (Å²) in [5.74, 6) is -2.35. The molecule has 1 aromatic carbocycles. The van der Waals surface area contributed by atoms with Crippen molar-refractivity contribution in [3.05, 3.63) is 28.2 Å². The van der Waals surface area contributed by atoms with E-state index in [1.807, 2.05) is 0 Å². The highest BCUT2D eigenvalue weighted by molar-refractivity contribution is 9.10. The largest absolute Gasteiger partial charge is 0.381 e. The average molecular weight is 320 g/mol. The van der Waals surface area contributed by atoms with Gasteiger partial charge in [0, 0.05) is 11.1 Å². The van der Waals surface area contributed by atoms with Crippen LogP contribution in [0, 0.1) is 17.6 Å². The number of rotatable bonds is 2. The number of carbonyl (C=O) groups is 1. The zero-order valence-corrected chi connectivity index (χ0v) is 11.1. The van der Waals surface area contributed by atoms with Crippen molar-refractivity contribution in [3.63, 3.8) is 0 Å². The molecule has 0 bridgehead atoms. The Hall–Kier alpha value is -1.01. The highest BCUT2D eigenvalue weighted by Gasteiger charge is 2.23. The molecule has 3 nitrogen and oxygen atoms in total. The van der Waals surface area contributed by atoms with E-state index in [0.717, 1.165) is 18.6 Å². The van der Waals surface area contributed by atoms with Crippen molar-refractivity contribution in [2.24, 2.45) is 5.92 Å². The summed E-state index contributed by atoms with van der Waals surface area (Å²) in [6.45, 7) is 0.927. The van der Waals surface area contributed by atoms with Gasteiger partial charge in [-0.2, -0.15) is 0 Å². The van der Waals surface area contributed by atoms with Gasteiger partial charge < -0.3 is 10.1 Å². The topological polar surface area (TPSA) is 38.3 Å². The second-order valence-corrected chi connectivity index (χ2v) is 5.06. The first kappa shape index (κ1) is 13.4. The third-order valence-corrected chi connectivity index (χ3v) is 3.24. The lowest BCUT2D eigenvalue weighted by atomic mass is 10.0. The van der Waals surface area contributed by atoms with E-state index in [0.29, 0.717) is 19.6 Å². The zero-order chi connectivity index (χ0) is 13.1. The van der Waals surface area contributed by atoms with Crippen LogP contribution in [0.3, 0.4) is 0 Å². The summed E-state index contributed by atoms with van der Waals surface area (Å²) < 4.78 is 32.5. The molecule has 1 amide bonds. The predicted octanol–water partition coefficient (Wildman–Crippen LogP) is 3.09. The Labute approximate surface area is 112 Å². The molecule has 1 aliphatic rings. The van der Waals surface area contributed by atoms with Crippen molar-refractivity contribution in [3.8, 4) is 0 Å². The highest BCUT2D eigenvalue weighted by Crippen LogP contribution is 2.25.